The third-order valence-electron chi connectivity index (χ3n) is 18.0. The first-order valence-electron chi connectivity index (χ1n) is 31.1. The highest BCUT2D eigenvalue weighted by Crippen LogP contribution is 2.51. The van der Waals surface area contributed by atoms with E-state index in [-0.39, 0.29) is 13.4 Å². The first-order valence-corrected chi connectivity index (χ1v) is 31.1. The minimum Gasteiger partial charge on any atom is -0.458 e. The van der Waals surface area contributed by atoms with Gasteiger partial charge in [-0.1, -0.05) is 195 Å². The van der Waals surface area contributed by atoms with Gasteiger partial charge in [-0.25, -0.2) is 0 Å². The summed E-state index contributed by atoms with van der Waals surface area (Å²) in [5, 5.41) is 0. The molecule has 0 bridgehead atoms. The van der Waals surface area contributed by atoms with Crippen LogP contribution in [0.5, 0.6) is 23.0 Å². The lowest BCUT2D eigenvalue weighted by Crippen LogP contribution is -2.63. The van der Waals surface area contributed by atoms with Gasteiger partial charge in [-0.15, -0.1) is 0 Å². The van der Waals surface area contributed by atoms with E-state index in [0.29, 0.717) is 0 Å². The standard InChI is InChI=1S/C82H61B2N5O2/c1-5-8-14-31-56(4)85(60-33-15-9-16-34-60)65-49-76-82-79(51-65)90-77-54-73-58(47-46-57-32-25-27-44-71(57)87(73)62-37-19-11-20-38-62)48-69(77)84(82)68-53-70-78(55-74(68)89(76)64-41-23-13-24-42-64)91-80-52-66(86(59(29-6-2)30-7-3)61-35-17-10-18-36-61)50-75-81(80)83(70)67-43-26-28-45-72(67)88(75)63-39-21-12-22-40-63/h5-55H,1-2H2,3-4H3/b14-8-,30-7-,56-31+,59-29+. The van der Waals surface area contributed by atoms with Crippen LogP contribution in [0.15, 0.2) is 322 Å². The van der Waals surface area contributed by atoms with E-state index in [1.165, 1.54) is 5.46 Å². The number of nitrogens with zero attached hydrogens (tertiary/aromatic N) is 5. The van der Waals surface area contributed by atoms with E-state index in [0.717, 1.165) is 147 Å². The largest absolute Gasteiger partial charge is 0.458 e. The van der Waals surface area contributed by atoms with Crippen molar-refractivity contribution in [3.8, 4) is 23.0 Å². The summed E-state index contributed by atoms with van der Waals surface area (Å²) in [6.07, 6.45) is 20.6. The van der Waals surface area contributed by atoms with Crippen LogP contribution >= 0.6 is 0 Å². The van der Waals surface area contributed by atoms with Crippen molar-refractivity contribution in [3.63, 3.8) is 0 Å². The molecule has 5 aliphatic heterocycles. The average Bonchev–Trinajstić information content (AvgIpc) is 0.741. The summed E-state index contributed by atoms with van der Waals surface area (Å²) in [6, 6.07) is 89.6. The lowest BCUT2D eigenvalue weighted by Gasteiger charge is -2.44. The molecule has 9 heteroatoms. The van der Waals surface area contributed by atoms with Gasteiger partial charge in [0, 0.05) is 86.8 Å². The van der Waals surface area contributed by atoms with Crippen LogP contribution in [-0.4, -0.2) is 13.4 Å². The SMILES string of the molecule is C=C/C=C\C=C(/C)N(c1ccccc1)c1cc2c3c(c1)N(c1ccccc1)c1cc4c(cc1B3c1cc3c(cc1O2)N(c1ccccc1)c1ccccc1C=C3)B1c2ccccc2N(c2ccccc2)c2cc(N(C(/C=C\C)=C/C=C)c3ccccc3)cc(c21)O4. The molecule has 0 spiro atoms. The second-order valence-electron chi connectivity index (χ2n) is 23.3. The number of anilines is 13. The van der Waals surface area contributed by atoms with Crippen LogP contribution in [0, 0.1) is 0 Å². The molecular weight excluding hydrogens is 1110 g/mol. The Morgan fingerprint density at radius 1 is 0.385 bits per heavy atom. The molecule has 0 atom stereocenters. The topological polar surface area (TPSA) is 34.7 Å². The molecule has 0 fully saturated rings. The second-order valence-corrected chi connectivity index (χ2v) is 23.3. The van der Waals surface area contributed by atoms with E-state index < -0.39 is 0 Å². The van der Waals surface area contributed by atoms with Crippen molar-refractivity contribution in [1.29, 1.82) is 0 Å². The molecule has 11 aromatic rings. The first kappa shape index (κ1) is 54.7. The molecule has 7 nitrogen and oxygen atoms in total. The first-order chi connectivity index (χ1) is 45.0. The molecule has 0 N–H and O–H groups in total. The summed E-state index contributed by atoms with van der Waals surface area (Å²) < 4.78 is 15.4. The highest BCUT2D eigenvalue weighted by molar-refractivity contribution is 7.02. The monoisotopic (exact) mass is 1170 g/mol. The highest BCUT2D eigenvalue weighted by Gasteiger charge is 2.48. The number of ether oxygens (including phenoxy) is 2. The molecule has 432 valence electrons. The predicted octanol–water partition coefficient (Wildman–Crippen LogP) is 18.0. The van der Waals surface area contributed by atoms with Gasteiger partial charge in [0.15, 0.2) is 0 Å². The molecular formula is C82H61B2N5O2. The van der Waals surface area contributed by atoms with Crippen molar-refractivity contribution in [1.82, 2.24) is 0 Å². The molecule has 0 unspecified atom stereocenters. The van der Waals surface area contributed by atoms with Gasteiger partial charge in [-0.3, -0.25) is 0 Å². The smallest absolute Gasteiger partial charge is 0.256 e. The van der Waals surface area contributed by atoms with Gasteiger partial charge in [-0.2, -0.15) is 0 Å². The normalized spacial score (nSPS) is 13.8. The number of benzene rings is 11. The minimum atomic E-state index is -0.293. The van der Waals surface area contributed by atoms with Crippen LogP contribution in [0.1, 0.15) is 25.0 Å². The summed E-state index contributed by atoms with van der Waals surface area (Å²) >= 11 is 0. The van der Waals surface area contributed by atoms with Crippen molar-refractivity contribution < 1.29 is 9.47 Å². The van der Waals surface area contributed by atoms with Gasteiger partial charge < -0.3 is 34.0 Å². The molecule has 5 aliphatic rings. The Morgan fingerprint density at radius 3 is 1.46 bits per heavy atom. The maximum absolute atomic E-state index is 7.73. The molecule has 0 saturated carbocycles. The van der Waals surface area contributed by atoms with Crippen molar-refractivity contribution in [2.24, 2.45) is 0 Å². The molecule has 0 aromatic heterocycles. The number of para-hydroxylation sites is 7. The maximum atomic E-state index is 7.73. The van der Waals surface area contributed by atoms with Crippen LogP contribution in [0.2, 0.25) is 0 Å². The Kier molecular flexibility index (Phi) is 13.7. The Morgan fingerprint density at radius 2 is 0.868 bits per heavy atom. The zero-order chi connectivity index (χ0) is 61.1. The fraction of sp³-hybridized carbons (Fsp3) is 0.0244. The molecule has 16 rings (SSSR count). The molecule has 0 aliphatic carbocycles. The van der Waals surface area contributed by atoms with E-state index in [4.69, 9.17) is 9.47 Å². The number of allylic oxidation sites excluding steroid dienone is 9. The Hall–Kier alpha value is -11.7. The molecule has 91 heavy (non-hydrogen) atoms. The minimum absolute atomic E-state index is 0.224. The molecule has 11 aromatic carbocycles. The van der Waals surface area contributed by atoms with Crippen molar-refractivity contribution in [2.45, 2.75) is 13.8 Å². The van der Waals surface area contributed by atoms with Gasteiger partial charge in [-0.05, 0) is 161 Å². The maximum Gasteiger partial charge on any atom is 0.256 e. The fourth-order valence-corrected chi connectivity index (χ4v) is 14.3. The Bertz CT molecular complexity index is 4870. The van der Waals surface area contributed by atoms with Gasteiger partial charge in [0.1, 0.15) is 23.0 Å². The number of hydrogen-bond acceptors (Lipinski definition) is 7. The van der Waals surface area contributed by atoms with Crippen LogP contribution in [-0.2, 0) is 0 Å². The Labute approximate surface area is 533 Å². The van der Waals surface area contributed by atoms with Gasteiger partial charge in [0.2, 0.25) is 0 Å². The van der Waals surface area contributed by atoms with E-state index in [1.807, 2.05) is 24.3 Å². The van der Waals surface area contributed by atoms with Crippen LogP contribution in [0.3, 0.4) is 0 Å². The van der Waals surface area contributed by atoms with E-state index in [1.54, 1.807) is 0 Å². The second kappa shape index (κ2) is 22.8. The molecule has 0 amide bonds. The molecule has 0 saturated heterocycles. The number of rotatable bonds is 13. The van der Waals surface area contributed by atoms with Crippen molar-refractivity contribution in [3.05, 3.63) is 333 Å². The quantitative estimate of drug-likeness (QED) is 0.0841. The summed E-state index contributed by atoms with van der Waals surface area (Å²) in [4.78, 5) is 11.9. The fourth-order valence-electron chi connectivity index (χ4n) is 14.3. The van der Waals surface area contributed by atoms with Crippen LogP contribution < -0.4 is 66.8 Å². The third-order valence-corrected chi connectivity index (χ3v) is 18.0. The lowest BCUT2D eigenvalue weighted by atomic mass is 9.31. The van der Waals surface area contributed by atoms with Crippen LogP contribution in [0.4, 0.5) is 73.9 Å². The average molecular weight is 1170 g/mol. The predicted molar refractivity (Wildman–Crippen MR) is 385 cm³/mol. The summed E-state index contributed by atoms with van der Waals surface area (Å²) in [6.45, 7) is 11.9. The molecule has 5 heterocycles. The van der Waals surface area contributed by atoms with Gasteiger partial charge >= 0.3 is 0 Å². The van der Waals surface area contributed by atoms with E-state index in [2.05, 4.69) is 337 Å². The van der Waals surface area contributed by atoms with E-state index in [9.17, 15) is 0 Å². The summed E-state index contributed by atoms with van der Waals surface area (Å²) in [7, 11) is 0. The van der Waals surface area contributed by atoms with Gasteiger partial charge in [0.05, 0.1) is 22.7 Å². The van der Waals surface area contributed by atoms with Crippen molar-refractivity contribution in [2.75, 3.05) is 24.5 Å². The van der Waals surface area contributed by atoms with Gasteiger partial charge in [0.25, 0.3) is 13.4 Å². The zero-order valence-electron chi connectivity index (χ0n) is 50.6. The van der Waals surface area contributed by atoms with E-state index >= 15 is 0 Å². The summed E-state index contributed by atoms with van der Waals surface area (Å²) in [5.41, 5.74) is 24.2. The van der Waals surface area contributed by atoms with Crippen LogP contribution in [0.25, 0.3) is 12.2 Å². The zero-order valence-corrected chi connectivity index (χ0v) is 50.6. The number of fused-ring (bicyclic) bond motifs is 10. The molecule has 0 radical (unpaired) electrons. The Balaban J connectivity index is 0.982. The lowest BCUT2D eigenvalue weighted by molar-refractivity contribution is 0.487. The number of hydrogen-bond donors (Lipinski definition) is 0. The summed E-state index contributed by atoms with van der Waals surface area (Å²) in [5.74, 6) is 3.15. The third kappa shape index (κ3) is 9.23. The van der Waals surface area contributed by atoms with Crippen molar-refractivity contribution >= 4 is 132 Å². The highest BCUT2D eigenvalue weighted by atomic mass is 16.5.